The molecule has 0 aliphatic heterocycles. The quantitative estimate of drug-likeness (QED) is 0.402. The van der Waals surface area contributed by atoms with Crippen molar-refractivity contribution in [2.24, 2.45) is 0 Å². The van der Waals surface area contributed by atoms with E-state index in [1.54, 1.807) is 24.3 Å². The van der Waals surface area contributed by atoms with E-state index in [0.29, 0.717) is 16.7 Å². The maximum absolute atomic E-state index is 11.7. The molecule has 0 bridgehead atoms. The van der Waals surface area contributed by atoms with Crippen LogP contribution < -0.4 is 4.72 Å². The zero-order valence-electron chi connectivity index (χ0n) is 15.4. The summed E-state index contributed by atoms with van der Waals surface area (Å²) in [5, 5.41) is 0.380. The number of halogens is 1. The van der Waals surface area contributed by atoms with E-state index >= 15 is 0 Å². The molecule has 0 unspecified atom stereocenters. The van der Waals surface area contributed by atoms with Crippen LogP contribution in [0.25, 0.3) is 5.57 Å². The zero-order valence-corrected chi connectivity index (χ0v) is 16.9. The first-order valence-electron chi connectivity index (χ1n) is 8.51. The first kappa shape index (κ1) is 19.5. The highest BCUT2D eigenvalue weighted by atomic mass is 35.5. The minimum Gasteiger partial charge on any atom is -0.465 e. The second kappa shape index (κ2) is 8.59. The topological polar surface area (TPSA) is 64.1 Å². The Morgan fingerprint density at radius 3 is 2.81 bits per heavy atom. The molecular weight excluding hydrogens is 382 g/mol. The third-order valence-corrected chi connectivity index (χ3v) is 5.23. The van der Waals surface area contributed by atoms with Crippen LogP contribution >= 0.6 is 23.5 Å². The van der Waals surface area contributed by atoms with Gasteiger partial charge in [0, 0.05) is 16.5 Å². The highest BCUT2D eigenvalue weighted by Gasteiger charge is 2.15. The summed E-state index contributed by atoms with van der Waals surface area (Å²) in [6, 6.07) is 8.92. The summed E-state index contributed by atoms with van der Waals surface area (Å²) in [6.07, 6.45) is 4.29. The van der Waals surface area contributed by atoms with Crippen LogP contribution in [-0.2, 0) is 4.74 Å². The lowest BCUT2D eigenvalue weighted by Crippen LogP contribution is -2.03. The van der Waals surface area contributed by atoms with Crippen LogP contribution in [0, 0.1) is 0 Å². The number of hydrogen-bond donors (Lipinski definition) is 1. The van der Waals surface area contributed by atoms with E-state index in [4.69, 9.17) is 16.3 Å². The van der Waals surface area contributed by atoms with Crippen molar-refractivity contribution >= 4 is 41.0 Å². The third-order valence-electron chi connectivity index (χ3n) is 4.26. The Hall–Kier alpha value is -2.31. The molecule has 1 heterocycles. The van der Waals surface area contributed by atoms with Crippen LogP contribution in [0.2, 0.25) is 5.15 Å². The Morgan fingerprint density at radius 1 is 1.26 bits per heavy atom. The standard InChI is InChI=1S/C20H20ClN3O2S/c1-12-6-4-7-13(2)18(12)16-11-17(21)23-20(22-16)24-27-15-9-5-8-14(10-15)19(25)26-3/h5-6,8-11H,4,7H2,1-3H3,(H,22,23,24). The van der Waals surface area contributed by atoms with Gasteiger partial charge in [-0.25, -0.2) is 14.8 Å². The summed E-state index contributed by atoms with van der Waals surface area (Å²) in [4.78, 5) is 21.4. The number of ether oxygens (including phenoxy) is 1. The van der Waals surface area contributed by atoms with Gasteiger partial charge < -0.3 is 4.74 Å². The second-order valence-electron chi connectivity index (χ2n) is 6.20. The molecule has 1 aromatic heterocycles. The van der Waals surface area contributed by atoms with E-state index in [1.165, 1.54) is 30.2 Å². The van der Waals surface area contributed by atoms with Gasteiger partial charge in [-0.3, -0.25) is 4.72 Å². The van der Waals surface area contributed by atoms with Crippen molar-refractivity contribution in [1.82, 2.24) is 9.97 Å². The summed E-state index contributed by atoms with van der Waals surface area (Å²) < 4.78 is 7.86. The number of rotatable bonds is 5. The molecule has 3 rings (SSSR count). The fourth-order valence-electron chi connectivity index (χ4n) is 2.99. The minimum atomic E-state index is -0.374. The number of nitrogens with one attached hydrogen (secondary N) is 1. The highest BCUT2D eigenvalue weighted by Crippen LogP contribution is 2.33. The Labute approximate surface area is 168 Å². The summed E-state index contributed by atoms with van der Waals surface area (Å²) >= 11 is 7.54. The number of anilines is 1. The average Bonchev–Trinajstić information content (AvgIpc) is 2.65. The van der Waals surface area contributed by atoms with Crippen molar-refractivity contribution in [1.29, 1.82) is 0 Å². The summed E-state index contributed by atoms with van der Waals surface area (Å²) in [5.41, 5.74) is 4.94. The van der Waals surface area contributed by atoms with Crippen LogP contribution in [0.3, 0.4) is 0 Å². The predicted octanol–water partition coefficient (Wildman–Crippen LogP) is 5.55. The van der Waals surface area contributed by atoms with Crippen molar-refractivity contribution in [3.8, 4) is 0 Å². The fraction of sp³-hybridized carbons (Fsp3) is 0.250. The van der Waals surface area contributed by atoms with Crippen LogP contribution in [0.5, 0.6) is 0 Å². The molecule has 0 radical (unpaired) electrons. The fourth-order valence-corrected chi connectivity index (χ4v) is 3.81. The second-order valence-corrected chi connectivity index (χ2v) is 7.47. The van der Waals surface area contributed by atoms with E-state index in [2.05, 4.69) is 34.6 Å². The van der Waals surface area contributed by atoms with Crippen molar-refractivity contribution < 1.29 is 9.53 Å². The van der Waals surface area contributed by atoms with E-state index in [1.807, 2.05) is 6.07 Å². The highest BCUT2D eigenvalue weighted by molar-refractivity contribution is 8.00. The molecule has 1 aliphatic rings. The summed E-state index contributed by atoms with van der Waals surface area (Å²) in [7, 11) is 1.36. The normalized spacial score (nSPS) is 14.0. The first-order valence-corrected chi connectivity index (χ1v) is 9.70. The lowest BCUT2D eigenvalue weighted by molar-refractivity contribution is 0.0600. The van der Waals surface area contributed by atoms with Gasteiger partial charge in [0.15, 0.2) is 0 Å². The van der Waals surface area contributed by atoms with Gasteiger partial charge in [-0.15, -0.1) is 0 Å². The van der Waals surface area contributed by atoms with E-state index < -0.39 is 0 Å². The summed E-state index contributed by atoms with van der Waals surface area (Å²) in [6.45, 7) is 4.22. The molecule has 2 aromatic rings. The molecule has 7 heteroatoms. The van der Waals surface area contributed by atoms with Gasteiger partial charge in [-0.1, -0.05) is 29.3 Å². The lowest BCUT2D eigenvalue weighted by atomic mass is 9.90. The van der Waals surface area contributed by atoms with Gasteiger partial charge in [0.25, 0.3) is 0 Å². The Balaban J connectivity index is 1.82. The van der Waals surface area contributed by atoms with Crippen LogP contribution in [0.1, 0.15) is 42.7 Å². The number of carbonyl (C=O) groups is 1. The van der Waals surface area contributed by atoms with E-state index in [0.717, 1.165) is 29.0 Å². The average molecular weight is 402 g/mol. The lowest BCUT2D eigenvalue weighted by Gasteiger charge is -2.17. The van der Waals surface area contributed by atoms with Crippen LogP contribution in [0.4, 0.5) is 5.95 Å². The number of esters is 1. The molecule has 0 saturated heterocycles. The van der Waals surface area contributed by atoms with Gasteiger partial charge in [0.05, 0.1) is 18.4 Å². The molecule has 0 atom stereocenters. The molecule has 1 N–H and O–H groups in total. The number of hydrogen-bond acceptors (Lipinski definition) is 6. The number of nitrogens with zero attached hydrogens (tertiary/aromatic N) is 2. The molecule has 1 aromatic carbocycles. The Morgan fingerprint density at radius 2 is 2.07 bits per heavy atom. The molecule has 0 fully saturated rings. The van der Waals surface area contributed by atoms with Crippen LogP contribution in [0.15, 0.2) is 52.4 Å². The number of carbonyl (C=O) groups excluding carboxylic acids is 1. The maximum Gasteiger partial charge on any atom is 0.337 e. The first-order chi connectivity index (χ1) is 13.0. The minimum absolute atomic E-state index is 0.374. The largest absolute Gasteiger partial charge is 0.465 e. The smallest absolute Gasteiger partial charge is 0.337 e. The number of allylic oxidation sites excluding steroid dienone is 4. The predicted molar refractivity (Wildman–Crippen MR) is 110 cm³/mol. The molecule has 0 saturated carbocycles. The number of methoxy groups -OCH3 is 1. The molecule has 0 amide bonds. The number of benzene rings is 1. The Bertz CT molecular complexity index is 941. The van der Waals surface area contributed by atoms with Crippen molar-refractivity contribution in [2.45, 2.75) is 31.6 Å². The van der Waals surface area contributed by atoms with Gasteiger partial charge in [-0.2, -0.15) is 0 Å². The van der Waals surface area contributed by atoms with E-state index in [-0.39, 0.29) is 5.97 Å². The van der Waals surface area contributed by atoms with E-state index in [9.17, 15) is 4.79 Å². The van der Waals surface area contributed by atoms with Gasteiger partial charge in [0.2, 0.25) is 5.95 Å². The summed E-state index contributed by atoms with van der Waals surface area (Å²) in [5.74, 6) is 0.0466. The Kier molecular flexibility index (Phi) is 6.19. The van der Waals surface area contributed by atoms with Crippen molar-refractivity contribution in [3.05, 3.63) is 64.0 Å². The van der Waals surface area contributed by atoms with Gasteiger partial charge in [0.1, 0.15) is 5.15 Å². The van der Waals surface area contributed by atoms with Crippen LogP contribution in [-0.4, -0.2) is 23.0 Å². The molecule has 5 nitrogen and oxygen atoms in total. The number of aromatic nitrogens is 2. The monoisotopic (exact) mass is 401 g/mol. The maximum atomic E-state index is 11.7. The van der Waals surface area contributed by atoms with Gasteiger partial charge >= 0.3 is 5.97 Å². The molecule has 27 heavy (non-hydrogen) atoms. The van der Waals surface area contributed by atoms with Crippen molar-refractivity contribution in [2.75, 3.05) is 11.8 Å². The molecule has 140 valence electrons. The molecule has 0 spiro atoms. The zero-order chi connectivity index (χ0) is 19.4. The van der Waals surface area contributed by atoms with Gasteiger partial charge in [-0.05, 0) is 62.4 Å². The van der Waals surface area contributed by atoms with Crippen molar-refractivity contribution in [3.63, 3.8) is 0 Å². The molecular formula is C20H20ClN3O2S. The molecule has 1 aliphatic carbocycles. The SMILES string of the molecule is COC(=O)c1cccc(SNc2nc(Cl)cc(C3=C(C)CCC=C3C)n2)c1. The third kappa shape index (κ3) is 4.70.